The predicted octanol–water partition coefficient (Wildman–Crippen LogP) is 4.18. The molecule has 0 aromatic heterocycles. The van der Waals surface area contributed by atoms with Gasteiger partial charge in [0.05, 0.1) is 29.7 Å². The first-order valence-electron chi connectivity index (χ1n) is 11.3. The minimum atomic E-state index is -0.837. The zero-order chi connectivity index (χ0) is 22.5. The Bertz CT molecular complexity index is 940. The number of nitrogens with zero attached hydrogens (tertiary/aromatic N) is 2. The Morgan fingerprint density at radius 3 is 2.35 bits per heavy atom. The van der Waals surface area contributed by atoms with E-state index in [0.29, 0.717) is 6.61 Å². The van der Waals surface area contributed by atoms with Crippen LogP contribution in [0.2, 0.25) is 0 Å². The van der Waals surface area contributed by atoms with Crippen LogP contribution in [0.25, 0.3) is 5.57 Å². The highest BCUT2D eigenvalue weighted by Crippen LogP contribution is 2.43. The van der Waals surface area contributed by atoms with Crippen LogP contribution in [0.15, 0.2) is 24.3 Å². The van der Waals surface area contributed by atoms with Crippen molar-refractivity contribution in [2.75, 3.05) is 11.5 Å². The van der Waals surface area contributed by atoms with E-state index in [1.165, 1.54) is 4.90 Å². The van der Waals surface area contributed by atoms with E-state index in [0.717, 1.165) is 48.3 Å². The minimum Gasteiger partial charge on any atom is -0.494 e. The average Bonchev–Trinajstić information content (AvgIpc) is 2.98. The molecule has 0 radical (unpaired) electrons. The third kappa shape index (κ3) is 3.46. The Labute approximate surface area is 184 Å². The molecule has 6 heteroatoms. The molecule has 1 aromatic rings. The number of rotatable bonds is 4. The topological polar surface area (TPSA) is 66.9 Å². The molecular weight excluding hydrogens is 392 g/mol. The normalized spacial score (nSPS) is 25.6. The fraction of sp³-hybridized carbons (Fsp3) is 0.560. The lowest BCUT2D eigenvalue weighted by molar-refractivity contribution is -0.146. The Balaban J connectivity index is 1.69. The van der Waals surface area contributed by atoms with Gasteiger partial charge in [0.25, 0.3) is 5.91 Å². The van der Waals surface area contributed by atoms with Gasteiger partial charge in [0.15, 0.2) is 0 Å². The van der Waals surface area contributed by atoms with Gasteiger partial charge in [-0.05, 0) is 71.2 Å². The summed E-state index contributed by atoms with van der Waals surface area (Å²) in [6.07, 6.45) is 5.48. The highest BCUT2D eigenvalue weighted by molar-refractivity contribution is 6.11. The number of carbonyl (C=O) groups is 3. The number of fused-ring (bicyclic) bond motifs is 2. The summed E-state index contributed by atoms with van der Waals surface area (Å²) in [5.41, 5.74) is 2.19. The molecule has 1 saturated heterocycles. The van der Waals surface area contributed by atoms with E-state index in [1.54, 1.807) is 11.8 Å². The van der Waals surface area contributed by atoms with E-state index < -0.39 is 11.6 Å². The third-order valence-electron chi connectivity index (χ3n) is 6.93. The van der Waals surface area contributed by atoms with Crippen molar-refractivity contribution in [2.24, 2.45) is 11.8 Å². The summed E-state index contributed by atoms with van der Waals surface area (Å²) in [5.74, 6) is -0.348. The fourth-order valence-electron chi connectivity index (χ4n) is 5.53. The van der Waals surface area contributed by atoms with Crippen LogP contribution in [-0.4, -0.2) is 40.8 Å². The van der Waals surface area contributed by atoms with E-state index in [-0.39, 0.29) is 29.6 Å². The minimum absolute atomic E-state index is 0.177. The first-order chi connectivity index (χ1) is 14.7. The van der Waals surface area contributed by atoms with Crippen molar-refractivity contribution in [3.05, 3.63) is 29.8 Å². The Morgan fingerprint density at radius 2 is 1.77 bits per heavy atom. The average molecular weight is 425 g/mol. The maximum Gasteiger partial charge on any atom is 0.250 e. The number of benzene rings is 1. The molecule has 3 aliphatic rings. The maximum atomic E-state index is 13.8. The van der Waals surface area contributed by atoms with Gasteiger partial charge in [0, 0.05) is 5.56 Å². The van der Waals surface area contributed by atoms with Crippen LogP contribution in [0.3, 0.4) is 0 Å². The fourth-order valence-corrected chi connectivity index (χ4v) is 5.53. The van der Waals surface area contributed by atoms with Crippen molar-refractivity contribution >= 4 is 29.0 Å². The molecule has 166 valence electrons. The van der Waals surface area contributed by atoms with Crippen molar-refractivity contribution in [3.63, 3.8) is 0 Å². The summed E-state index contributed by atoms with van der Waals surface area (Å²) in [4.78, 5) is 42.9. The summed E-state index contributed by atoms with van der Waals surface area (Å²) < 4.78 is 5.65. The van der Waals surface area contributed by atoms with Gasteiger partial charge in [-0.25, -0.2) is 0 Å². The van der Waals surface area contributed by atoms with Crippen LogP contribution >= 0.6 is 0 Å². The lowest BCUT2D eigenvalue weighted by atomic mass is 9.81. The number of allylic oxidation sites excluding steroid dienone is 1. The number of likely N-dealkylation sites (tertiary alicyclic amines) is 1. The predicted molar refractivity (Wildman–Crippen MR) is 120 cm³/mol. The number of carbonyl (C=O) groups excluding carboxylic acids is 3. The molecule has 0 N–H and O–H groups in total. The standard InChI is InChI=1S/C25H32N2O4/c1-6-31-17-11-12-21-20(13-17)15(2)14-25(4,5)27(21)22(28)16(3)26-23(29)18-9-7-8-10-19(18)24(26)30/h11-14,16,18-19H,6-10H2,1-5H3/t16-,18-,19-/m0/s1. The number of imide groups is 1. The van der Waals surface area contributed by atoms with Gasteiger partial charge in [-0.2, -0.15) is 0 Å². The number of ether oxygens (including phenoxy) is 1. The van der Waals surface area contributed by atoms with Crippen molar-refractivity contribution in [1.82, 2.24) is 4.90 Å². The number of anilines is 1. The van der Waals surface area contributed by atoms with Crippen molar-refractivity contribution in [3.8, 4) is 5.75 Å². The number of hydrogen-bond acceptors (Lipinski definition) is 4. The molecule has 1 aromatic carbocycles. The first-order valence-corrected chi connectivity index (χ1v) is 11.3. The molecule has 2 aliphatic heterocycles. The second-order valence-corrected chi connectivity index (χ2v) is 9.49. The van der Waals surface area contributed by atoms with Gasteiger partial charge in [-0.1, -0.05) is 18.9 Å². The van der Waals surface area contributed by atoms with Gasteiger partial charge < -0.3 is 9.64 Å². The van der Waals surface area contributed by atoms with Gasteiger partial charge in [0.2, 0.25) is 11.8 Å². The molecule has 0 unspecified atom stereocenters. The molecule has 6 nitrogen and oxygen atoms in total. The van der Waals surface area contributed by atoms with E-state index in [9.17, 15) is 14.4 Å². The molecule has 3 atom stereocenters. The molecule has 31 heavy (non-hydrogen) atoms. The SMILES string of the molecule is CCOc1ccc2c(c1)C(C)=CC(C)(C)N2C(=O)[C@H](C)N1C(=O)[C@H]2CCCC[C@@H]2C1=O. The largest absolute Gasteiger partial charge is 0.494 e. The van der Waals surface area contributed by atoms with Crippen LogP contribution in [-0.2, 0) is 14.4 Å². The zero-order valence-electron chi connectivity index (χ0n) is 19.1. The van der Waals surface area contributed by atoms with Crippen molar-refractivity contribution in [1.29, 1.82) is 0 Å². The molecule has 1 aliphatic carbocycles. The highest BCUT2D eigenvalue weighted by Gasteiger charge is 2.52. The second-order valence-electron chi connectivity index (χ2n) is 9.49. The van der Waals surface area contributed by atoms with Crippen LogP contribution < -0.4 is 9.64 Å². The summed E-state index contributed by atoms with van der Waals surface area (Å²) in [7, 11) is 0. The van der Waals surface area contributed by atoms with E-state index in [4.69, 9.17) is 4.74 Å². The van der Waals surface area contributed by atoms with Crippen LogP contribution in [0.5, 0.6) is 5.75 Å². The molecular formula is C25H32N2O4. The van der Waals surface area contributed by atoms with Crippen LogP contribution in [0.4, 0.5) is 5.69 Å². The summed E-state index contributed by atoms with van der Waals surface area (Å²) in [6.45, 7) is 10.2. The Kier molecular flexibility index (Phi) is 5.44. The second kappa shape index (κ2) is 7.81. The summed E-state index contributed by atoms with van der Waals surface area (Å²) >= 11 is 0. The van der Waals surface area contributed by atoms with E-state index >= 15 is 0 Å². The van der Waals surface area contributed by atoms with Gasteiger partial charge in [-0.3, -0.25) is 19.3 Å². The molecule has 0 spiro atoms. The number of hydrogen-bond donors (Lipinski definition) is 0. The lowest BCUT2D eigenvalue weighted by Crippen LogP contribution is -2.57. The summed E-state index contributed by atoms with van der Waals surface area (Å²) in [6, 6.07) is 4.88. The van der Waals surface area contributed by atoms with Crippen molar-refractivity contribution < 1.29 is 19.1 Å². The van der Waals surface area contributed by atoms with Gasteiger partial charge in [-0.15, -0.1) is 0 Å². The van der Waals surface area contributed by atoms with Crippen LogP contribution in [0.1, 0.15) is 65.9 Å². The van der Waals surface area contributed by atoms with Crippen LogP contribution in [0, 0.1) is 11.8 Å². The van der Waals surface area contributed by atoms with Gasteiger partial charge >= 0.3 is 0 Å². The van der Waals surface area contributed by atoms with E-state index in [1.807, 2.05) is 45.9 Å². The molecule has 2 heterocycles. The van der Waals surface area contributed by atoms with Crippen molar-refractivity contribution in [2.45, 2.75) is 71.9 Å². The zero-order valence-corrected chi connectivity index (χ0v) is 19.1. The molecule has 3 amide bonds. The monoisotopic (exact) mass is 424 g/mol. The van der Waals surface area contributed by atoms with E-state index in [2.05, 4.69) is 6.08 Å². The number of amides is 3. The quantitative estimate of drug-likeness (QED) is 0.680. The Morgan fingerprint density at radius 1 is 1.16 bits per heavy atom. The maximum absolute atomic E-state index is 13.8. The molecule has 4 rings (SSSR count). The summed E-state index contributed by atoms with van der Waals surface area (Å²) in [5, 5.41) is 0. The lowest BCUT2D eigenvalue weighted by Gasteiger charge is -2.43. The third-order valence-corrected chi connectivity index (χ3v) is 6.93. The Hall–Kier alpha value is -2.63. The smallest absolute Gasteiger partial charge is 0.250 e. The highest BCUT2D eigenvalue weighted by atomic mass is 16.5. The molecule has 0 bridgehead atoms. The van der Waals surface area contributed by atoms with Gasteiger partial charge in [0.1, 0.15) is 11.8 Å². The molecule has 2 fully saturated rings. The first kappa shape index (κ1) is 21.6. The molecule has 1 saturated carbocycles.